The largest absolute Gasteiger partial charge is 0.508 e. The van der Waals surface area contributed by atoms with Crippen LogP contribution in [0.15, 0.2) is 30.5 Å². The normalized spacial score (nSPS) is 16.3. The van der Waals surface area contributed by atoms with E-state index in [1.165, 1.54) is 11.8 Å². The molecule has 20 heavy (non-hydrogen) atoms. The van der Waals surface area contributed by atoms with Crippen LogP contribution in [0.1, 0.15) is 34.8 Å². The number of benzene rings is 1. The van der Waals surface area contributed by atoms with Crippen molar-refractivity contribution in [1.82, 2.24) is 20.3 Å². The van der Waals surface area contributed by atoms with Gasteiger partial charge in [0, 0.05) is 13.1 Å². The Kier molecular flexibility index (Phi) is 3.37. The van der Waals surface area contributed by atoms with Crippen LogP contribution in [0.5, 0.6) is 5.75 Å². The first kappa shape index (κ1) is 12.7. The minimum atomic E-state index is -0.0668. The number of hydrogen-bond acceptors (Lipinski definition) is 4. The number of aromatic nitrogens is 3. The summed E-state index contributed by atoms with van der Waals surface area (Å²) in [5.74, 6) is 0.660. The van der Waals surface area contributed by atoms with E-state index in [9.17, 15) is 9.90 Å². The van der Waals surface area contributed by atoms with Gasteiger partial charge in [0.05, 0.1) is 6.20 Å². The van der Waals surface area contributed by atoms with Gasteiger partial charge in [-0.05, 0) is 36.5 Å². The van der Waals surface area contributed by atoms with Gasteiger partial charge in [-0.2, -0.15) is 15.4 Å². The zero-order valence-electron chi connectivity index (χ0n) is 11.0. The van der Waals surface area contributed by atoms with Crippen LogP contribution in [-0.2, 0) is 0 Å². The van der Waals surface area contributed by atoms with E-state index in [0.717, 1.165) is 25.9 Å². The first-order valence-corrected chi connectivity index (χ1v) is 6.68. The number of hydrogen-bond donors (Lipinski definition) is 2. The molecule has 1 aliphatic heterocycles. The molecule has 1 aromatic heterocycles. The minimum absolute atomic E-state index is 0.0668. The van der Waals surface area contributed by atoms with Gasteiger partial charge in [0.25, 0.3) is 5.91 Å². The molecule has 0 saturated carbocycles. The zero-order chi connectivity index (χ0) is 13.9. The number of nitrogens with one attached hydrogen (secondary N) is 1. The minimum Gasteiger partial charge on any atom is -0.508 e. The van der Waals surface area contributed by atoms with Crippen LogP contribution in [-0.4, -0.2) is 44.4 Å². The van der Waals surface area contributed by atoms with Crippen LogP contribution < -0.4 is 0 Å². The number of phenolic OH excluding ortho intramolecular Hbond substituents is 1. The van der Waals surface area contributed by atoms with Crippen molar-refractivity contribution in [3.63, 3.8) is 0 Å². The van der Waals surface area contributed by atoms with Crippen molar-refractivity contribution in [3.05, 3.63) is 41.7 Å². The van der Waals surface area contributed by atoms with E-state index in [1.807, 2.05) is 17.0 Å². The standard InChI is InChI=1S/C14H16N4O2/c19-12-3-1-10(2-4-12)11-5-7-18(8-6-11)14(20)13-9-15-17-16-13/h1-4,9,11,19H,5-8H2,(H,15,16,17). The second kappa shape index (κ2) is 5.32. The number of piperidine rings is 1. The summed E-state index contributed by atoms with van der Waals surface area (Å²) < 4.78 is 0. The number of aromatic amines is 1. The molecule has 1 amide bonds. The maximum absolute atomic E-state index is 12.1. The van der Waals surface area contributed by atoms with Crippen molar-refractivity contribution in [3.8, 4) is 5.75 Å². The third-order valence-electron chi connectivity index (χ3n) is 3.78. The number of carbonyl (C=O) groups excluding carboxylic acids is 1. The first-order chi connectivity index (χ1) is 9.74. The zero-order valence-corrected chi connectivity index (χ0v) is 11.0. The number of nitrogens with zero attached hydrogens (tertiary/aromatic N) is 3. The lowest BCUT2D eigenvalue weighted by Crippen LogP contribution is -2.38. The molecule has 0 bridgehead atoms. The molecule has 2 heterocycles. The summed E-state index contributed by atoms with van der Waals surface area (Å²) in [7, 11) is 0. The topological polar surface area (TPSA) is 82.1 Å². The molecule has 2 aromatic rings. The van der Waals surface area contributed by atoms with Crippen molar-refractivity contribution in [1.29, 1.82) is 0 Å². The van der Waals surface area contributed by atoms with Crippen molar-refractivity contribution in [2.24, 2.45) is 0 Å². The molecule has 6 nitrogen and oxygen atoms in total. The van der Waals surface area contributed by atoms with E-state index < -0.39 is 0 Å². The highest BCUT2D eigenvalue weighted by atomic mass is 16.3. The Hall–Kier alpha value is -2.37. The lowest BCUT2D eigenvalue weighted by molar-refractivity contribution is 0.0707. The average Bonchev–Trinajstić information content (AvgIpc) is 3.02. The summed E-state index contributed by atoms with van der Waals surface area (Å²) in [4.78, 5) is 13.9. The monoisotopic (exact) mass is 272 g/mol. The molecule has 1 aliphatic rings. The lowest BCUT2D eigenvalue weighted by atomic mass is 9.89. The molecule has 1 fully saturated rings. The molecular formula is C14H16N4O2. The van der Waals surface area contributed by atoms with E-state index >= 15 is 0 Å². The number of phenols is 1. The van der Waals surface area contributed by atoms with Crippen molar-refractivity contribution in [2.75, 3.05) is 13.1 Å². The Morgan fingerprint density at radius 2 is 1.95 bits per heavy atom. The Morgan fingerprint density at radius 3 is 2.55 bits per heavy atom. The van der Waals surface area contributed by atoms with Crippen LogP contribution in [0.3, 0.4) is 0 Å². The number of aromatic hydroxyl groups is 1. The fourth-order valence-electron chi connectivity index (χ4n) is 2.63. The number of H-pyrrole nitrogens is 1. The molecule has 104 valence electrons. The summed E-state index contributed by atoms with van der Waals surface area (Å²) in [5.41, 5.74) is 1.59. The number of rotatable bonds is 2. The van der Waals surface area contributed by atoms with Gasteiger partial charge in [-0.25, -0.2) is 0 Å². The smallest absolute Gasteiger partial charge is 0.276 e. The third kappa shape index (κ3) is 2.49. The lowest BCUT2D eigenvalue weighted by Gasteiger charge is -2.31. The molecule has 6 heteroatoms. The SMILES string of the molecule is O=C(c1cn[nH]n1)N1CCC(c2ccc(O)cc2)CC1. The summed E-state index contributed by atoms with van der Waals surface area (Å²) in [6.45, 7) is 1.44. The van der Waals surface area contributed by atoms with Crippen molar-refractivity contribution < 1.29 is 9.90 Å². The van der Waals surface area contributed by atoms with Crippen LogP contribution in [0.25, 0.3) is 0 Å². The second-order valence-electron chi connectivity index (χ2n) is 5.01. The Morgan fingerprint density at radius 1 is 1.25 bits per heavy atom. The summed E-state index contributed by atoms with van der Waals surface area (Å²) in [6.07, 6.45) is 3.30. The van der Waals surface area contributed by atoms with Crippen LogP contribution in [0, 0.1) is 0 Å². The van der Waals surface area contributed by atoms with Crippen molar-refractivity contribution in [2.45, 2.75) is 18.8 Å². The maximum atomic E-state index is 12.1. The van der Waals surface area contributed by atoms with Gasteiger partial charge in [0.2, 0.25) is 0 Å². The molecule has 0 radical (unpaired) electrons. The van der Waals surface area contributed by atoms with Gasteiger partial charge in [0.1, 0.15) is 5.75 Å². The molecule has 2 N–H and O–H groups in total. The molecule has 1 aromatic carbocycles. The third-order valence-corrected chi connectivity index (χ3v) is 3.78. The summed E-state index contributed by atoms with van der Waals surface area (Å²) in [6, 6.07) is 7.33. The Balaban J connectivity index is 1.62. The number of amides is 1. The predicted molar refractivity (Wildman–Crippen MR) is 72.4 cm³/mol. The van der Waals surface area contributed by atoms with E-state index in [0.29, 0.717) is 11.6 Å². The van der Waals surface area contributed by atoms with Crippen molar-refractivity contribution >= 4 is 5.91 Å². The molecular weight excluding hydrogens is 256 g/mol. The fourth-order valence-corrected chi connectivity index (χ4v) is 2.63. The second-order valence-corrected chi connectivity index (χ2v) is 5.01. The van der Waals surface area contributed by atoms with Gasteiger partial charge in [-0.1, -0.05) is 12.1 Å². The first-order valence-electron chi connectivity index (χ1n) is 6.68. The molecule has 3 rings (SSSR count). The van der Waals surface area contributed by atoms with Gasteiger partial charge in [-0.3, -0.25) is 4.79 Å². The summed E-state index contributed by atoms with van der Waals surface area (Å²) >= 11 is 0. The Labute approximate surface area is 116 Å². The van der Waals surface area contributed by atoms with E-state index in [4.69, 9.17) is 0 Å². The van der Waals surface area contributed by atoms with E-state index in [1.54, 1.807) is 12.1 Å². The van der Waals surface area contributed by atoms with Crippen LogP contribution in [0.4, 0.5) is 0 Å². The fraction of sp³-hybridized carbons (Fsp3) is 0.357. The highest BCUT2D eigenvalue weighted by molar-refractivity contribution is 5.91. The average molecular weight is 272 g/mol. The Bertz CT molecular complexity index is 572. The number of carbonyl (C=O) groups is 1. The van der Waals surface area contributed by atoms with Crippen LogP contribution >= 0.6 is 0 Å². The van der Waals surface area contributed by atoms with Gasteiger partial charge in [-0.15, -0.1) is 0 Å². The van der Waals surface area contributed by atoms with Gasteiger partial charge < -0.3 is 10.0 Å². The highest BCUT2D eigenvalue weighted by Crippen LogP contribution is 2.29. The van der Waals surface area contributed by atoms with Gasteiger partial charge in [0.15, 0.2) is 5.69 Å². The maximum Gasteiger partial charge on any atom is 0.276 e. The van der Waals surface area contributed by atoms with E-state index in [-0.39, 0.29) is 11.7 Å². The van der Waals surface area contributed by atoms with Crippen LogP contribution in [0.2, 0.25) is 0 Å². The molecule has 1 saturated heterocycles. The van der Waals surface area contributed by atoms with Gasteiger partial charge >= 0.3 is 0 Å². The number of likely N-dealkylation sites (tertiary alicyclic amines) is 1. The quantitative estimate of drug-likeness (QED) is 0.868. The summed E-state index contributed by atoms with van der Waals surface area (Å²) in [5, 5.41) is 19.3. The highest BCUT2D eigenvalue weighted by Gasteiger charge is 2.25. The van der Waals surface area contributed by atoms with E-state index in [2.05, 4.69) is 15.4 Å². The molecule has 0 aliphatic carbocycles. The molecule has 0 atom stereocenters. The molecule has 0 spiro atoms. The molecule has 0 unspecified atom stereocenters. The predicted octanol–water partition coefficient (Wildman–Crippen LogP) is 1.53.